The van der Waals surface area contributed by atoms with Gasteiger partial charge in [-0.05, 0) is 47.5 Å². The van der Waals surface area contributed by atoms with Crippen LogP contribution in [0.15, 0.2) is 47.4 Å². The molecule has 30 heavy (non-hydrogen) atoms. The van der Waals surface area contributed by atoms with Crippen molar-refractivity contribution in [3.8, 4) is 34.0 Å². The van der Waals surface area contributed by atoms with Crippen LogP contribution < -0.4 is 0 Å². The number of fused-ring (bicyclic) bond motifs is 2. The summed E-state index contributed by atoms with van der Waals surface area (Å²) in [5.74, 6) is 1.57. The zero-order chi connectivity index (χ0) is 20.2. The van der Waals surface area contributed by atoms with E-state index < -0.39 is 0 Å². The Morgan fingerprint density at radius 1 is 1.03 bits per heavy atom. The first-order chi connectivity index (χ1) is 14.7. The fourth-order valence-corrected chi connectivity index (χ4v) is 4.28. The molecular weight excluding hydrogens is 396 g/mol. The monoisotopic (exact) mass is 412 g/mol. The number of imidazole rings is 2. The summed E-state index contributed by atoms with van der Waals surface area (Å²) in [7, 11) is 1.98. The third-order valence-electron chi connectivity index (χ3n) is 5.33. The van der Waals surface area contributed by atoms with Gasteiger partial charge in [0.15, 0.2) is 17.2 Å². The van der Waals surface area contributed by atoms with E-state index >= 15 is 0 Å². The highest BCUT2D eigenvalue weighted by molar-refractivity contribution is 7.08. The Labute approximate surface area is 174 Å². The topological polar surface area (TPSA) is 101 Å². The van der Waals surface area contributed by atoms with Crippen LogP contribution in [-0.2, 0) is 7.05 Å². The highest BCUT2D eigenvalue weighted by Gasteiger charge is 2.18. The Morgan fingerprint density at radius 2 is 1.97 bits per heavy atom. The quantitative estimate of drug-likeness (QED) is 0.450. The number of thiophene rings is 1. The Bertz CT molecular complexity index is 1520. The molecule has 0 amide bonds. The first-order valence-electron chi connectivity index (χ1n) is 9.40. The maximum Gasteiger partial charge on any atom is 0.162 e. The summed E-state index contributed by atoms with van der Waals surface area (Å²) in [5, 5.41) is 11.7. The summed E-state index contributed by atoms with van der Waals surface area (Å²) in [5.41, 5.74) is 7.77. The third kappa shape index (κ3) is 2.49. The summed E-state index contributed by atoms with van der Waals surface area (Å²) in [6.45, 7) is 1.97. The van der Waals surface area contributed by atoms with E-state index in [1.54, 1.807) is 17.5 Å². The number of nitrogens with zero attached hydrogens (tertiary/aromatic N) is 6. The van der Waals surface area contributed by atoms with Gasteiger partial charge < -0.3 is 9.55 Å². The second-order valence-corrected chi connectivity index (χ2v) is 7.85. The highest BCUT2D eigenvalue weighted by Crippen LogP contribution is 2.31. The van der Waals surface area contributed by atoms with Crippen molar-refractivity contribution in [1.29, 1.82) is 0 Å². The molecule has 0 atom stereocenters. The van der Waals surface area contributed by atoms with Gasteiger partial charge in [-0.25, -0.2) is 19.9 Å². The first-order valence-corrected chi connectivity index (χ1v) is 10.3. The summed E-state index contributed by atoms with van der Waals surface area (Å²) in [6, 6.07) is 8.02. The van der Waals surface area contributed by atoms with Crippen molar-refractivity contribution in [2.45, 2.75) is 6.92 Å². The van der Waals surface area contributed by atoms with Gasteiger partial charge in [0.25, 0.3) is 0 Å². The molecule has 0 bridgehead atoms. The molecule has 0 aromatic carbocycles. The summed E-state index contributed by atoms with van der Waals surface area (Å²) >= 11 is 1.66. The number of hydrogen-bond acceptors (Lipinski definition) is 6. The molecule has 9 heteroatoms. The van der Waals surface area contributed by atoms with Crippen molar-refractivity contribution in [2.75, 3.05) is 0 Å². The molecule has 0 aliphatic carbocycles. The minimum atomic E-state index is 0.636. The summed E-state index contributed by atoms with van der Waals surface area (Å²) < 4.78 is 2.02. The normalized spacial score (nSPS) is 11.7. The second-order valence-electron chi connectivity index (χ2n) is 7.07. The molecule has 0 saturated carbocycles. The largest absolute Gasteiger partial charge is 0.330 e. The van der Waals surface area contributed by atoms with Crippen LogP contribution in [0.2, 0.25) is 0 Å². The van der Waals surface area contributed by atoms with Crippen molar-refractivity contribution in [2.24, 2.45) is 7.05 Å². The lowest BCUT2D eigenvalue weighted by atomic mass is 10.1. The molecule has 2 N–H and O–H groups in total. The van der Waals surface area contributed by atoms with Gasteiger partial charge in [-0.1, -0.05) is 0 Å². The average Bonchev–Trinajstić information content (AvgIpc) is 3.54. The van der Waals surface area contributed by atoms with Gasteiger partial charge in [-0.15, -0.1) is 0 Å². The van der Waals surface area contributed by atoms with E-state index in [0.29, 0.717) is 11.5 Å². The predicted octanol–water partition coefficient (Wildman–Crippen LogP) is 4.33. The SMILES string of the molecule is Cc1ncc(-c2ccc3[nH]nc(-c4nc5c(-c6ccsc6)ccnc5[nH]4)c3n2)n1C. The van der Waals surface area contributed by atoms with E-state index in [0.717, 1.165) is 50.5 Å². The van der Waals surface area contributed by atoms with E-state index in [1.807, 2.05) is 42.9 Å². The predicted molar refractivity (Wildman–Crippen MR) is 117 cm³/mol. The molecule has 6 aromatic rings. The number of aryl methyl sites for hydroxylation is 1. The van der Waals surface area contributed by atoms with Gasteiger partial charge in [-0.3, -0.25) is 5.10 Å². The fourth-order valence-electron chi connectivity index (χ4n) is 3.62. The summed E-state index contributed by atoms with van der Waals surface area (Å²) in [4.78, 5) is 21.8. The maximum atomic E-state index is 4.87. The van der Waals surface area contributed by atoms with Crippen molar-refractivity contribution in [1.82, 2.24) is 39.7 Å². The number of hydrogen-bond donors (Lipinski definition) is 2. The molecule has 0 fully saturated rings. The van der Waals surface area contributed by atoms with Crippen molar-refractivity contribution >= 4 is 33.5 Å². The van der Waals surface area contributed by atoms with Gasteiger partial charge in [0.05, 0.1) is 23.1 Å². The van der Waals surface area contributed by atoms with E-state index in [4.69, 9.17) is 9.97 Å². The van der Waals surface area contributed by atoms with Gasteiger partial charge in [-0.2, -0.15) is 16.4 Å². The van der Waals surface area contributed by atoms with Crippen LogP contribution >= 0.6 is 11.3 Å². The van der Waals surface area contributed by atoms with Crippen molar-refractivity contribution in [3.05, 3.63) is 53.2 Å². The molecule has 146 valence electrons. The smallest absolute Gasteiger partial charge is 0.162 e. The number of nitrogens with one attached hydrogen (secondary N) is 2. The lowest BCUT2D eigenvalue weighted by Crippen LogP contribution is -1.96. The molecule has 8 nitrogen and oxygen atoms in total. The molecule has 0 saturated heterocycles. The number of H-pyrrole nitrogens is 2. The molecule has 0 spiro atoms. The van der Waals surface area contributed by atoms with Crippen LogP contribution in [-0.4, -0.2) is 39.7 Å². The Hall–Kier alpha value is -3.85. The number of rotatable bonds is 3. The molecule has 6 aromatic heterocycles. The molecule has 6 rings (SSSR count). The lowest BCUT2D eigenvalue weighted by molar-refractivity contribution is 0.862. The standard InChI is InChI=1S/C21H16N8S/c1-11-23-9-16(29(11)2)14-3-4-15-18(24-14)19(28-27-15)21-25-17-13(12-6-8-30-10-12)5-7-22-20(17)26-21/h3-10H,1-2H3,(H,27,28)(H,22,25,26). The van der Waals surface area contributed by atoms with E-state index in [1.165, 1.54) is 0 Å². The van der Waals surface area contributed by atoms with Gasteiger partial charge >= 0.3 is 0 Å². The lowest BCUT2D eigenvalue weighted by Gasteiger charge is -2.03. The zero-order valence-electron chi connectivity index (χ0n) is 16.2. The minimum Gasteiger partial charge on any atom is -0.330 e. The highest BCUT2D eigenvalue weighted by atomic mass is 32.1. The Kier molecular flexibility index (Phi) is 3.59. The van der Waals surface area contributed by atoms with Gasteiger partial charge in [0, 0.05) is 18.8 Å². The maximum absolute atomic E-state index is 4.87. The van der Waals surface area contributed by atoms with Crippen molar-refractivity contribution in [3.63, 3.8) is 0 Å². The fraction of sp³-hybridized carbons (Fsp3) is 0.0952. The van der Waals surface area contributed by atoms with E-state index in [2.05, 4.69) is 42.0 Å². The Balaban J connectivity index is 1.53. The number of pyridine rings is 2. The second kappa shape index (κ2) is 6.33. The molecule has 0 unspecified atom stereocenters. The average molecular weight is 412 g/mol. The molecular formula is C21H16N8S. The van der Waals surface area contributed by atoms with E-state index in [-0.39, 0.29) is 0 Å². The van der Waals surface area contributed by atoms with Crippen LogP contribution in [0.3, 0.4) is 0 Å². The number of aromatic amines is 2. The molecule has 0 aliphatic heterocycles. The van der Waals surface area contributed by atoms with Gasteiger partial charge in [0.1, 0.15) is 16.9 Å². The Morgan fingerprint density at radius 3 is 2.77 bits per heavy atom. The summed E-state index contributed by atoms with van der Waals surface area (Å²) in [6.07, 6.45) is 3.63. The minimum absolute atomic E-state index is 0.636. The molecule has 6 heterocycles. The van der Waals surface area contributed by atoms with Crippen LogP contribution in [0.4, 0.5) is 0 Å². The first kappa shape index (κ1) is 17.0. The van der Waals surface area contributed by atoms with Crippen molar-refractivity contribution < 1.29 is 0 Å². The third-order valence-corrected chi connectivity index (χ3v) is 6.01. The van der Waals surface area contributed by atoms with Crippen LogP contribution in [0.1, 0.15) is 5.82 Å². The zero-order valence-corrected chi connectivity index (χ0v) is 17.0. The van der Waals surface area contributed by atoms with Crippen LogP contribution in [0, 0.1) is 6.92 Å². The van der Waals surface area contributed by atoms with Crippen LogP contribution in [0.5, 0.6) is 0 Å². The molecule has 0 aliphatic rings. The number of aromatic nitrogens is 8. The van der Waals surface area contributed by atoms with Crippen LogP contribution in [0.25, 0.3) is 56.2 Å². The van der Waals surface area contributed by atoms with E-state index in [9.17, 15) is 0 Å². The molecule has 0 radical (unpaired) electrons. The van der Waals surface area contributed by atoms with Gasteiger partial charge in [0.2, 0.25) is 0 Å².